The van der Waals surface area contributed by atoms with Crippen molar-refractivity contribution in [3.63, 3.8) is 0 Å². The molecule has 3 rings (SSSR count). The van der Waals surface area contributed by atoms with E-state index < -0.39 is 0 Å². The van der Waals surface area contributed by atoms with Crippen LogP contribution in [0.15, 0.2) is 0 Å². The molecule has 1 N–H and O–H groups in total. The Kier molecular flexibility index (Phi) is 4.88. The zero-order valence-corrected chi connectivity index (χ0v) is 16.1. The summed E-state index contributed by atoms with van der Waals surface area (Å²) in [5.41, 5.74) is -0.269. The molecule has 0 saturated carbocycles. The van der Waals surface area contributed by atoms with Crippen molar-refractivity contribution in [1.82, 2.24) is 20.0 Å². The van der Waals surface area contributed by atoms with E-state index in [4.69, 9.17) is 4.74 Å². The highest BCUT2D eigenvalue weighted by atomic mass is 16.6. The Bertz CT molecular complexity index is 523. The molecule has 3 aliphatic heterocycles. The Morgan fingerprint density at radius 1 is 1.20 bits per heavy atom. The monoisotopic (exact) mass is 352 g/mol. The summed E-state index contributed by atoms with van der Waals surface area (Å²) in [5, 5.41) is 3.00. The van der Waals surface area contributed by atoms with Crippen LogP contribution in [0.4, 0.5) is 9.59 Å². The molecule has 0 radical (unpaired) electrons. The number of nitrogens with one attached hydrogen (secondary N) is 1. The van der Waals surface area contributed by atoms with Gasteiger partial charge in [0, 0.05) is 37.3 Å². The van der Waals surface area contributed by atoms with Crippen molar-refractivity contribution in [2.75, 3.05) is 26.2 Å². The van der Waals surface area contributed by atoms with E-state index in [0.29, 0.717) is 19.1 Å². The fourth-order valence-corrected chi connectivity index (χ4v) is 4.13. The number of hydrogen-bond donors (Lipinski definition) is 1. The Morgan fingerprint density at radius 3 is 2.40 bits per heavy atom. The average molecular weight is 352 g/mol. The highest BCUT2D eigenvalue weighted by molar-refractivity contribution is 5.77. The van der Waals surface area contributed by atoms with Crippen LogP contribution in [0, 0.1) is 0 Å². The minimum absolute atomic E-state index is 0.00572. The van der Waals surface area contributed by atoms with Crippen molar-refractivity contribution in [2.24, 2.45) is 0 Å². The lowest BCUT2D eigenvalue weighted by atomic mass is 10.0. The molecule has 3 saturated heterocycles. The average Bonchev–Trinajstić information content (AvgIpc) is 3.02. The van der Waals surface area contributed by atoms with Crippen molar-refractivity contribution >= 4 is 12.1 Å². The van der Waals surface area contributed by atoms with Gasteiger partial charge in [-0.05, 0) is 47.5 Å². The van der Waals surface area contributed by atoms with Gasteiger partial charge >= 0.3 is 12.1 Å². The van der Waals surface area contributed by atoms with Crippen molar-refractivity contribution in [1.29, 1.82) is 0 Å². The third-order valence-electron chi connectivity index (χ3n) is 5.45. The summed E-state index contributed by atoms with van der Waals surface area (Å²) in [6, 6.07) is 0.687. The van der Waals surface area contributed by atoms with E-state index in [1.165, 1.54) is 0 Å². The van der Waals surface area contributed by atoms with E-state index >= 15 is 0 Å². The van der Waals surface area contributed by atoms with E-state index in [2.05, 4.69) is 24.1 Å². The summed E-state index contributed by atoms with van der Waals surface area (Å²) < 4.78 is 5.59. The molecule has 0 aromatic rings. The number of hydrogen-bond acceptors (Lipinski definition) is 4. The normalized spacial score (nSPS) is 28.5. The van der Waals surface area contributed by atoms with E-state index in [1.807, 2.05) is 25.7 Å². The van der Waals surface area contributed by atoms with E-state index in [0.717, 1.165) is 25.9 Å². The first-order valence-corrected chi connectivity index (χ1v) is 9.46. The van der Waals surface area contributed by atoms with E-state index in [-0.39, 0.29) is 35.9 Å². The number of carbonyl (C=O) groups excluding carboxylic acids is 2. The number of nitrogens with zero attached hydrogens (tertiary/aromatic N) is 3. The lowest BCUT2D eigenvalue weighted by Gasteiger charge is -2.39. The second-order valence-electron chi connectivity index (χ2n) is 8.84. The lowest BCUT2D eigenvalue weighted by Crippen LogP contribution is -2.52. The Balaban J connectivity index is 1.61. The molecule has 7 nitrogen and oxygen atoms in total. The van der Waals surface area contributed by atoms with Crippen LogP contribution in [0.3, 0.4) is 0 Å². The Morgan fingerprint density at radius 2 is 1.84 bits per heavy atom. The molecule has 0 unspecified atom stereocenters. The first-order valence-electron chi connectivity index (χ1n) is 9.46. The van der Waals surface area contributed by atoms with Crippen LogP contribution < -0.4 is 5.32 Å². The summed E-state index contributed by atoms with van der Waals surface area (Å²) in [6.07, 6.45) is 1.56. The van der Waals surface area contributed by atoms with Gasteiger partial charge in [0.1, 0.15) is 6.10 Å². The number of carbonyl (C=O) groups is 2. The summed E-state index contributed by atoms with van der Waals surface area (Å²) in [4.78, 5) is 31.0. The van der Waals surface area contributed by atoms with Gasteiger partial charge < -0.3 is 19.9 Å². The SMILES string of the molecule is CC(C)N1CCC(N2C(=O)O[C@H]3CN(C(=O)NC(C)(C)C)C[C@H]32)CC1. The first-order chi connectivity index (χ1) is 11.7. The minimum Gasteiger partial charge on any atom is -0.442 e. The number of fused-ring (bicyclic) bond motifs is 1. The van der Waals surface area contributed by atoms with E-state index in [1.54, 1.807) is 4.90 Å². The standard InChI is InChI=1S/C18H32N4O3/c1-12(2)20-8-6-13(7-9-20)22-14-10-21(11-15(14)25-17(22)24)16(23)19-18(3,4)5/h12-15H,6-11H2,1-5H3,(H,19,23)/t14-,15+/m1/s1. The minimum atomic E-state index is -0.269. The number of rotatable bonds is 2. The van der Waals surface area contributed by atoms with Gasteiger partial charge in [-0.25, -0.2) is 9.59 Å². The van der Waals surface area contributed by atoms with Gasteiger partial charge in [0.15, 0.2) is 0 Å². The first kappa shape index (κ1) is 18.3. The second kappa shape index (κ2) is 6.67. The van der Waals surface area contributed by atoms with Gasteiger partial charge in [-0.1, -0.05) is 0 Å². The predicted molar refractivity (Wildman–Crippen MR) is 95.5 cm³/mol. The molecule has 0 spiro atoms. The maximum absolute atomic E-state index is 12.4. The lowest BCUT2D eigenvalue weighted by molar-refractivity contribution is 0.0874. The molecule has 3 heterocycles. The molecule has 3 fully saturated rings. The number of likely N-dealkylation sites (tertiary alicyclic amines) is 2. The second-order valence-corrected chi connectivity index (χ2v) is 8.84. The molecule has 0 bridgehead atoms. The molecule has 3 amide bonds. The Labute approximate surface area is 150 Å². The molecule has 0 aromatic heterocycles. The van der Waals surface area contributed by atoms with Crippen LogP contribution >= 0.6 is 0 Å². The molecular weight excluding hydrogens is 320 g/mol. The van der Waals surface area contributed by atoms with Crippen LogP contribution in [0.5, 0.6) is 0 Å². The fraction of sp³-hybridized carbons (Fsp3) is 0.889. The van der Waals surface area contributed by atoms with Crippen molar-refractivity contribution in [3.8, 4) is 0 Å². The van der Waals surface area contributed by atoms with Crippen molar-refractivity contribution in [2.45, 2.75) is 77.2 Å². The molecule has 0 aromatic carbocycles. The van der Waals surface area contributed by atoms with Crippen LogP contribution in [0.1, 0.15) is 47.5 Å². The highest BCUT2D eigenvalue weighted by Crippen LogP contribution is 2.32. The summed E-state index contributed by atoms with van der Waals surface area (Å²) in [6.45, 7) is 13.4. The molecule has 3 aliphatic rings. The molecule has 25 heavy (non-hydrogen) atoms. The van der Waals surface area contributed by atoms with Gasteiger partial charge in [0.05, 0.1) is 12.6 Å². The van der Waals surface area contributed by atoms with E-state index in [9.17, 15) is 9.59 Å². The molecule has 0 aliphatic carbocycles. The predicted octanol–water partition coefficient (Wildman–Crippen LogP) is 1.87. The van der Waals surface area contributed by atoms with Crippen molar-refractivity contribution < 1.29 is 14.3 Å². The highest BCUT2D eigenvalue weighted by Gasteiger charge is 2.51. The van der Waals surface area contributed by atoms with Gasteiger partial charge in [0.25, 0.3) is 0 Å². The van der Waals surface area contributed by atoms with Gasteiger partial charge in [-0.3, -0.25) is 4.90 Å². The third-order valence-corrected chi connectivity index (χ3v) is 5.45. The molecular formula is C18H32N4O3. The van der Waals surface area contributed by atoms with Gasteiger partial charge in [-0.2, -0.15) is 0 Å². The number of ether oxygens (including phenoxy) is 1. The smallest absolute Gasteiger partial charge is 0.410 e. The van der Waals surface area contributed by atoms with Crippen LogP contribution in [-0.2, 0) is 4.74 Å². The van der Waals surface area contributed by atoms with Gasteiger partial charge in [0.2, 0.25) is 0 Å². The maximum Gasteiger partial charge on any atom is 0.410 e. The zero-order chi connectivity index (χ0) is 18.4. The third kappa shape index (κ3) is 3.86. The molecule has 142 valence electrons. The maximum atomic E-state index is 12.4. The quantitative estimate of drug-likeness (QED) is 0.824. The topological polar surface area (TPSA) is 65.1 Å². The number of piperidine rings is 1. The van der Waals surface area contributed by atoms with Crippen molar-refractivity contribution in [3.05, 3.63) is 0 Å². The summed E-state index contributed by atoms with van der Waals surface area (Å²) >= 11 is 0. The fourth-order valence-electron chi connectivity index (χ4n) is 4.13. The summed E-state index contributed by atoms with van der Waals surface area (Å²) in [7, 11) is 0. The zero-order valence-electron chi connectivity index (χ0n) is 16.1. The number of amides is 3. The van der Waals surface area contributed by atoms with Crippen LogP contribution in [-0.4, -0.2) is 82.8 Å². The molecule has 7 heteroatoms. The summed E-state index contributed by atoms with van der Waals surface area (Å²) in [5.74, 6) is 0. The van der Waals surface area contributed by atoms with Gasteiger partial charge in [-0.15, -0.1) is 0 Å². The van der Waals surface area contributed by atoms with Crippen LogP contribution in [0.25, 0.3) is 0 Å². The Hall–Kier alpha value is -1.50. The number of urea groups is 1. The molecule has 2 atom stereocenters. The largest absolute Gasteiger partial charge is 0.442 e. The van der Waals surface area contributed by atoms with Crippen LogP contribution in [0.2, 0.25) is 0 Å².